The van der Waals surface area contributed by atoms with Crippen LogP contribution in [0.1, 0.15) is 47.5 Å². The molecule has 0 aromatic rings. The first-order valence-electron chi connectivity index (χ1n) is 6.09. The van der Waals surface area contributed by atoms with Crippen molar-refractivity contribution in [2.75, 3.05) is 13.1 Å². The van der Waals surface area contributed by atoms with Gasteiger partial charge in [0.15, 0.2) is 0 Å². The van der Waals surface area contributed by atoms with E-state index in [9.17, 15) is 4.79 Å². The SMILES string of the molecule is CC(C)(C#N)CCCNCC(=O)NC(C)(C)C. The maximum absolute atomic E-state index is 11.4. The molecule has 0 rings (SSSR count). The lowest BCUT2D eigenvalue weighted by Crippen LogP contribution is -2.45. The first-order valence-corrected chi connectivity index (χ1v) is 6.09. The first kappa shape index (κ1) is 15.9. The van der Waals surface area contributed by atoms with Gasteiger partial charge in [-0.15, -0.1) is 0 Å². The number of rotatable bonds is 6. The molecule has 0 radical (unpaired) electrons. The Balaban J connectivity index is 3.60. The smallest absolute Gasteiger partial charge is 0.234 e. The molecule has 0 heterocycles. The molecular formula is C13H25N3O. The predicted octanol–water partition coefficient (Wildman–Crippen LogP) is 1.82. The van der Waals surface area contributed by atoms with Crippen LogP contribution >= 0.6 is 0 Å². The van der Waals surface area contributed by atoms with Crippen molar-refractivity contribution < 1.29 is 4.79 Å². The molecule has 0 bridgehead atoms. The van der Waals surface area contributed by atoms with Gasteiger partial charge >= 0.3 is 0 Å². The number of amides is 1. The third-order valence-electron chi connectivity index (χ3n) is 2.26. The van der Waals surface area contributed by atoms with Crippen LogP contribution in [0.4, 0.5) is 0 Å². The molecule has 2 N–H and O–H groups in total. The number of nitrogens with zero attached hydrogens (tertiary/aromatic N) is 1. The maximum atomic E-state index is 11.4. The van der Waals surface area contributed by atoms with Crippen LogP contribution < -0.4 is 10.6 Å². The van der Waals surface area contributed by atoms with Gasteiger partial charge in [-0.1, -0.05) is 0 Å². The highest BCUT2D eigenvalue weighted by Crippen LogP contribution is 2.19. The van der Waals surface area contributed by atoms with Crippen LogP contribution in [0.3, 0.4) is 0 Å². The second kappa shape index (κ2) is 6.61. The largest absolute Gasteiger partial charge is 0.350 e. The summed E-state index contributed by atoms with van der Waals surface area (Å²) in [5, 5.41) is 14.8. The molecule has 0 aromatic heterocycles. The quantitative estimate of drug-likeness (QED) is 0.695. The van der Waals surface area contributed by atoms with Crippen molar-refractivity contribution in [1.82, 2.24) is 10.6 Å². The molecule has 0 fully saturated rings. The Morgan fingerprint density at radius 2 is 1.82 bits per heavy atom. The lowest BCUT2D eigenvalue weighted by atomic mass is 9.90. The highest BCUT2D eigenvalue weighted by Gasteiger charge is 2.16. The molecule has 0 spiro atoms. The van der Waals surface area contributed by atoms with Gasteiger partial charge in [-0.05, 0) is 54.0 Å². The van der Waals surface area contributed by atoms with Crippen molar-refractivity contribution in [3.63, 3.8) is 0 Å². The molecule has 4 heteroatoms. The standard InChI is InChI=1S/C13H25N3O/c1-12(2,3)16-11(17)9-15-8-6-7-13(4,5)10-14/h15H,6-9H2,1-5H3,(H,16,17). The Morgan fingerprint density at radius 3 is 2.29 bits per heavy atom. The van der Waals surface area contributed by atoms with Crippen molar-refractivity contribution in [2.24, 2.45) is 5.41 Å². The third kappa shape index (κ3) is 9.83. The fraction of sp³-hybridized carbons (Fsp3) is 0.846. The Bertz CT molecular complexity index is 284. The van der Waals surface area contributed by atoms with Crippen LogP contribution in [0, 0.1) is 16.7 Å². The zero-order chi connectivity index (χ0) is 13.5. The zero-order valence-electron chi connectivity index (χ0n) is 11.7. The average molecular weight is 239 g/mol. The highest BCUT2D eigenvalue weighted by atomic mass is 16.2. The molecule has 17 heavy (non-hydrogen) atoms. The summed E-state index contributed by atoms with van der Waals surface area (Å²) in [6, 6.07) is 2.26. The Labute approximate surface area is 105 Å². The van der Waals surface area contributed by atoms with Crippen molar-refractivity contribution in [2.45, 2.75) is 53.0 Å². The molecule has 0 aliphatic carbocycles. The van der Waals surface area contributed by atoms with Gasteiger partial charge in [0.05, 0.1) is 18.0 Å². The van der Waals surface area contributed by atoms with Crippen molar-refractivity contribution >= 4 is 5.91 Å². The minimum atomic E-state index is -0.269. The Morgan fingerprint density at radius 1 is 1.24 bits per heavy atom. The van der Waals surface area contributed by atoms with Gasteiger partial charge in [0.2, 0.25) is 5.91 Å². The monoisotopic (exact) mass is 239 g/mol. The van der Waals surface area contributed by atoms with Gasteiger partial charge in [0, 0.05) is 5.54 Å². The van der Waals surface area contributed by atoms with Gasteiger partial charge in [0.1, 0.15) is 0 Å². The number of carbonyl (C=O) groups is 1. The van der Waals surface area contributed by atoms with Gasteiger partial charge in [-0.3, -0.25) is 4.79 Å². The molecule has 4 nitrogen and oxygen atoms in total. The van der Waals surface area contributed by atoms with Crippen molar-refractivity contribution in [3.8, 4) is 6.07 Å². The summed E-state index contributed by atoms with van der Waals surface area (Å²) >= 11 is 0. The van der Waals surface area contributed by atoms with E-state index in [1.54, 1.807) is 0 Å². The minimum Gasteiger partial charge on any atom is -0.350 e. The molecule has 0 saturated heterocycles. The van der Waals surface area contributed by atoms with E-state index in [0.29, 0.717) is 6.54 Å². The number of carbonyl (C=O) groups excluding carboxylic acids is 1. The first-order chi connectivity index (χ1) is 7.66. The summed E-state index contributed by atoms with van der Waals surface area (Å²) in [4.78, 5) is 11.4. The van der Waals surface area contributed by atoms with E-state index in [-0.39, 0.29) is 16.9 Å². The van der Waals surface area contributed by atoms with E-state index in [4.69, 9.17) is 5.26 Å². The summed E-state index contributed by atoms with van der Waals surface area (Å²) in [5.41, 5.74) is -0.448. The molecule has 98 valence electrons. The van der Waals surface area contributed by atoms with Crippen LogP contribution in [0.5, 0.6) is 0 Å². The Hall–Kier alpha value is -1.08. The molecule has 0 unspecified atom stereocenters. The fourth-order valence-corrected chi connectivity index (χ4v) is 1.38. The molecule has 0 aliphatic heterocycles. The second-order valence-corrected chi connectivity index (χ2v) is 6.07. The maximum Gasteiger partial charge on any atom is 0.234 e. The summed E-state index contributed by atoms with van der Waals surface area (Å²) in [6.45, 7) is 10.8. The van der Waals surface area contributed by atoms with E-state index in [1.165, 1.54) is 0 Å². The second-order valence-electron chi connectivity index (χ2n) is 6.07. The average Bonchev–Trinajstić information content (AvgIpc) is 2.14. The summed E-state index contributed by atoms with van der Waals surface area (Å²) in [5.74, 6) is 0.0112. The molecule has 0 aromatic carbocycles. The molecule has 0 saturated carbocycles. The number of hydrogen-bond acceptors (Lipinski definition) is 3. The van der Waals surface area contributed by atoms with Gasteiger partial charge in [-0.25, -0.2) is 0 Å². The van der Waals surface area contributed by atoms with Gasteiger partial charge in [-0.2, -0.15) is 5.26 Å². The lowest BCUT2D eigenvalue weighted by molar-refractivity contribution is -0.121. The van der Waals surface area contributed by atoms with E-state index >= 15 is 0 Å². The zero-order valence-corrected chi connectivity index (χ0v) is 11.7. The minimum absolute atomic E-state index is 0.0112. The van der Waals surface area contributed by atoms with Crippen molar-refractivity contribution in [1.29, 1.82) is 5.26 Å². The van der Waals surface area contributed by atoms with Crippen molar-refractivity contribution in [3.05, 3.63) is 0 Å². The van der Waals surface area contributed by atoms with Crippen LogP contribution in [0.15, 0.2) is 0 Å². The number of nitriles is 1. The third-order valence-corrected chi connectivity index (χ3v) is 2.26. The number of hydrogen-bond donors (Lipinski definition) is 2. The van der Waals surface area contributed by atoms with E-state index in [2.05, 4.69) is 16.7 Å². The van der Waals surface area contributed by atoms with Gasteiger partial charge < -0.3 is 10.6 Å². The van der Waals surface area contributed by atoms with E-state index in [0.717, 1.165) is 19.4 Å². The Kier molecular flexibility index (Phi) is 6.19. The topological polar surface area (TPSA) is 64.9 Å². The normalized spacial score (nSPS) is 12.0. The highest BCUT2D eigenvalue weighted by molar-refractivity contribution is 5.78. The van der Waals surface area contributed by atoms with Crippen LogP contribution in [-0.4, -0.2) is 24.5 Å². The van der Waals surface area contributed by atoms with E-state index < -0.39 is 0 Å². The summed E-state index contributed by atoms with van der Waals surface area (Å²) in [6.07, 6.45) is 1.75. The molecule has 0 aliphatic rings. The summed E-state index contributed by atoms with van der Waals surface area (Å²) in [7, 11) is 0. The molecule has 0 atom stereocenters. The lowest BCUT2D eigenvalue weighted by Gasteiger charge is -2.20. The van der Waals surface area contributed by atoms with E-state index in [1.807, 2.05) is 34.6 Å². The van der Waals surface area contributed by atoms with Crippen LogP contribution in [0.25, 0.3) is 0 Å². The molecular weight excluding hydrogens is 214 g/mol. The van der Waals surface area contributed by atoms with Gasteiger partial charge in [0.25, 0.3) is 0 Å². The molecule has 1 amide bonds. The van der Waals surface area contributed by atoms with Crippen LogP contribution in [0.2, 0.25) is 0 Å². The predicted molar refractivity (Wildman–Crippen MR) is 69.4 cm³/mol. The summed E-state index contributed by atoms with van der Waals surface area (Å²) < 4.78 is 0. The fourth-order valence-electron chi connectivity index (χ4n) is 1.38. The number of nitrogens with one attached hydrogen (secondary N) is 2. The van der Waals surface area contributed by atoms with Crippen LogP contribution in [-0.2, 0) is 4.79 Å².